The van der Waals surface area contributed by atoms with Gasteiger partial charge in [-0.2, -0.15) is 0 Å². The third kappa shape index (κ3) is 1.27. The van der Waals surface area contributed by atoms with E-state index in [9.17, 15) is 0 Å². The Hall–Kier alpha value is -0.540. The molecule has 0 saturated carbocycles. The summed E-state index contributed by atoms with van der Waals surface area (Å²) < 4.78 is 2.91. The number of rotatable bonds is 0. The maximum atomic E-state index is 6.09. The van der Waals surface area contributed by atoms with E-state index in [0.717, 1.165) is 21.3 Å². The molecule has 13 heavy (non-hydrogen) atoms. The van der Waals surface area contributed by atoms with E-state index in [-0.39, 0.29) is 0 Å². The summed E-state index contributed by atoms with van der Waals surface area (Å²) in [5, 5.41) is 0.682. The first-order valence-corrected chi connectivity index (χ1v) is 5.05. The van der Waals surface area contributed by atoms with E-state index in [1.165, 1.54) is 0 Å². The SMILES string of the molecule is Cc1nc2c(Cl)c(Br)ccc2n1C. The predicted octanol–water partition coefficient (Wildman–Crippen LogP) is 3.30. The number of imidazole rings is 1. The molecule has 0 aliphatic heterocycles. The Morgan fingerprint density at radius 1 is 1.46 bits per heavy atom. The second-order valence-corrected chi connectivity index (χ2v) is 4.18. The molecule has 4 heteroatoms. The van der Waals surface area contributed by atoms with Gasteiger partial charge in [-0.1, -0.05) is 11.6 Å². The third-order valence-corrected chi connectivity index (χ3v) is 3.44. The highest BCUT2D eigenvalue weighted by Crippen LogP contribution is 2.30. The van der Waals surface area contributed by atoms with Gasteiger partial charge in [0.05, 0.1) is 10.5 Å². The maximum Gasteiger partial charge on any atom is 0.109 e. The number of aromatic nitrogens is 2. The molecule has 0 amide bonds. The Labute approximate surface area is 89.7 Å². The largest absolute Gasteiger partial charge is 0.331 e. The van der Waals surface area contributed by atoms with Crippen molar-refractivity contribution in [1.82, 2.24) is 9.55 Å². The van der Waals surface area contributed by atoms with Crippen molar-refractivity contribution in [1.29, 1.82) is 0 Å². The zero-order chi connectivity index (χ0) is 9.59. The number of aryl methyl sites for hydroxylation is 2. The van der Waals surface area contributed by atoms with Crippen molar-refractivity contribution >= 4 is 38.6 Å². The van der Waals surface area contributed by atoms with Crippen LogP contribution in [0.2, 0.25) is 5.02 Å². The van der Waals surface area contributed by atoms with Gasteiger partial charge in [0.1, 0.15) is 11.3 Å². The fourth-order valence-electron chi connectivity index (χ4n) is 1.32. The minimum absolute atomic E-state index is 0.682. The van der Waals surface area contributed by atoms with Crippen LogP contribution in [0, 0.1) is 6.92 Å². The summed E-state index contributed by atoms with van der Waals surface area (Å²) in [4.78, 5) is 4.37. The number of hydrogen-bond donors (Lipinski definition) is 0. The fourth-order valence-corrected chi connectivity index (χ4v) is 1.84. The first-order chi connectivity index (χ1) is 6.11. The zero-order valence-corrected chi connectivity index (χ0v) is 9.65. The van der Waals surface area contributed by atoms with E-state index in [1.54, 1.807) is 0 Å². The molecule has 0 unspecified atom stereocenters. The maximum absolute atomic E-state index is 6.09. The van der Waals surface area contributed by atoms with Gasteiger partial charge in [-0.05, 0) is 35.0 Å². The predicted molar refractivity (Wildman–Crippen MR) is 58.2 cm³/mol. The van der Waals surface area contributed by atoms with Crippen LogP contribution in [0.25, 0.3) is 11.0 Å². The summed E-state index contributed by atoms with van der Waals surface area (Å²) in [7, 11) is 1.98. The summed E-state index contributed by atoms with van der Waals surface area (Å²) >= 11 is 9.46. The molecular weight excluding hydrogens is 251 g/mol. The first kappa shape index (κ1) is 9.03. The lowest BCUT2D eigenvalue weighted by atomic mass is 10.3. The van der Waals surface area contributed by atoms with Gasteiger partial charge in [-0.15, -0.1) is 0 Å². The molecule has 0 bridgehead atoms. The van der Waals surface area contributed by atoms with Gasteiger partial charge in [0.15, 0.2) is 0 Å². The van der Waals surface area contributed by atoms with Gasteiger partial charge in [0.25, 0.3) is 0 Å². The van der Waals surface area contributed by atoms with E-state index < -0.39 is 0 Å². The van der Waals surface area contributed by atoms with Crippen LogP contribution in [0.5, 0.6) is 0 Å². The summed E-state index contributed by atoms with van der Waals surface area (Å²) in [6.45, 7) is 1.96. The van der Waals surface area contributed by atoms with Crippen LogP contribution in [-0.4, -0.2) is 9.55 Å². The van der Waals surface area contributed by atoms with E-state index in [4.69, 9.17) is 11.6 Å². The number of hydrogen-bond acceptors (Lipinski definition) is 1. The molecule has 1 heterocycles. The van der Waals surface area contributed by atoms with Gasteiger partial charge in [0.2, 0.25) is 0 Å². The van der Waals surface area contributed by atoms with E-state index in [2.05, 4.69) is 20.9 Å². The topological polar surface area (TPSA) is 17.8 Å². The molecule has 0 fully saturated rings. The molecule has 2 nitrogen and oxygen atoms in total. The summed E-state index contributed by atoms with van der Waals surface area (Å²) in [6.07, 6.45) is 0. The molecule has 68 valence electrons. The van der Waals surface area contributed by atoms with Gasteiger partial charge in [0, 0.05) is 11.5 Å². The lowest BCUT2D eigenvalue weighted by molar-refractivity contribution is 0.886. The van der Waals surface area contributed by atoms with E-state index in [0.29, 0.717) is 5.02 Å². The average molecular weight is 260 g/mol. The van der Waals surface area contributed by atoms with Crippen molar-refractivity contribution in [2.24, 2.45) is 7.05 Å². The lowest BCUT2D eigenvalue weighted by Gasteiger charge is -1.98. The average Bonchev–Trinajstić information content (AvgIpc) is 2.38. The summed E-state index contributed by atoms with van der Waals surface area (Å²) in [5.41, 5.74) is 1.92. The third-order valence-electron chi connectivity index (χ3n) is 2.17. The minimum Gasteiger partial charge on any atom is -0.331 e. The molecule has 1 aromatic heterocycles. The zero-order valence-electron chi connectivity index (χ0n) is 7.31. The van der Waals surface area contributed by atoms with Crippen LogP contribution in [0.15, 0.2) is 16.6 Å². The summed E-state index contributed by atoms with van der Waals surface area (Å²) in [6, 6.07) is 3.94. The molecule has 0 radical (unpaired) electrons. The van der Waals surface area contributed by atoms with Crippen molar-refractivity contribution in [3.8, 4) is 0 Å². The molecule has 0 aliphatic rings. The molecule has 2 rings (SSSR count). The monoisotopic (exact) mass is 258 g/mol. The Morgan fingerprint density at radius 2 is 2.15 bits per heavy atom. The van der Waals surface area contributed by atoms with Crippen LogP contribution in [-0.2, 0) is 7.05 Å². The Balaban J connectivity index is 2.94. The van der Waals surface area contributed by atoms with Crippen LogP contribution in [0.3, 0.4) is 0 Å². The van der Waals surface area contributed by atoms with Crippen LogP contribution in [0.1, 0.15) is 5.82 Å². The molecule has 0 saturated heterocycles. The van der Waals surface area contributed by atoms with E-state index >= 15 is 0 Å². The smallest absolute Gasteiger partial charge is 0.109 e. The number of nitrogens with zero attached hydrogens (tertiary/aromatic N) is 2. The van der Waals surface area contributed by atoms with Crippen molar-refractivity contribution in [3.63, 3.8) is 0 Å². The van der Waals surface area contributed by atoms with Crippen molar-refractivity contribution in [2.45, 2.75) is 6.92 Å². The normalized spacial score (nSPS) is 11.1. The number of fused-ring (bicyclic) bond motifs is 1. The highest BCUT2D eigenvalue weighted by atomic mass is 79.9. The van der Waals surface area contributed by atoms with Gasteiger partial charge >= 0.3 is 0 Å². The quantitative estimate of drug-likeness (QED) is 0.710. The second-order valence-electron chi connectivity index (χ2n) is 2.95. The van der Waals surface area contributed by atoms with E-state index in [1.807, 2.05) is 30.7 Å². The minimum atomic E-state index is 0.682. The molecule has 2 aromatic rings. The van der Waals surface area contributed by atoms with Crippen LogP contribution in [0.4, 0.5) is 0 Å². The van der Waals surface area contributed by atoms with Gasteiger partial charge < -0.3 is 4.57 Å². The lowest BCUT2D eigenvalue weighted by Crippen LogP contribution is -1.89. The van der Waals surface area contributed by atoms with Crippen LogP contribution >= 0.6 is 27.5 Å². The number of benzene rings is 1. The second kappa shape index (κ2) is 3.00. The molecule has 1 aromatic carbocycles. The molecular formula is C9H8BrClN2. The Bertz CT molecular complexity index is 476. The summed E-state index contributed by atoms with van der Waals surface area (Å²) in [5.74, 6) is 0.968. The molecule has 0 atom stereocenters. The fraction of sp³-hybridized carbons (Fsp3) is 0.222. The molecule has 0 N–H and O–H groups in total. The Kier molecular flexibility index (Phi) is 2.08. The highest BCUT2D eigenvalue weighted by Gasteiger charge is 2.09. The van der Waals surface area contributed by atoms with Crippen molar-refractivity contribution in [3.05, 3.63) is 27.5 Å². The highest BCUT2D eigenvalue weighted by molar-refractivity contribution is 9.10. The number of halogens is 2. The first-order valence-electron chi connectivity index (χ1n) is 3.88. The molecule has 0 aliphatic carbocycles. The van der Waals surface area contributed by atoms with Gasteiger partial charge in [-0.25, -0.2) is 4.98 Å². The van der Waals surface area contributed by atoms with Crippen molar-refractivity contribution in [2.75, 3.05) is 0 Å². The Morgan fingerprint density at radius 3 is 2.85 bits per heavy atom. The van der Waals surface area contributed by atoms with Crippen LogP contribution < -0.4 is 0 Å². The standard InChI is InChI=1S/C9H8BrClN2/c1-5-12-9-7(13(5)2)4-3-6(10)8(9)11/h3-4H,1-2H3. The van der Waals surface area contributed by atoms with Gasteiger partial charge in [-0.3, -0.25) is 0 Å². The van der Waals surface area contributed by atoms with Crippen molar-refractivity contribution < 1.29 is 0 Å². The molecule has 0 spiro atoms.